The summed E-state index contributed by atoms with van der Waals surface area (Å²) in [5.74, 6) is -0.299. The molecule has 3 aromatic rings. The third kappa shape index (κ3) is 10.1. The number of benzene rings is 2. The molecule has 10 heteroatoms. The van der Waals surface area contributed by atoms with Crippen LogP contribution in [-0.2, 0) is 9.47 Å². The second kappa shape index (κ2) is 13.1. The number of carbonyl (C=O) groups excluding carboxylic acids is 3. The van der Waals surface area contributed by atoms with Crippen LogP contribution in [0.15, 0.2) is 48.5 Å². The van der Waals surface area contributed by atoms with Gasteiger partial charge in [0.15, 0.2) is 0 Å². The summed E-state index contributed by atoms with van der Waals surface area (Å²) in [6, 6.07) is 14.9. The van der Waals surface area contributed by atoms with Crippen LogP contribution in [0.3, 0.4) is 0 Å². The van der Waals surface area contributed by atoms with Crippen LogP contribution in [0, 0.1) is 0 Å². The van der Waals surface area contributed by atoms with Crippen molar-refractivity contribution in [3.05, 3.63) is 59.2 Å². The van der Waals surface area contributed by atoms with Gasteiger partial charge in [-0.2, -0.15) is 0 Å². The van der Waals surface area contributed by atoms with E-state index in [-0.39, 0.29) is 12.5 Å². The second-order valence-electron chi connectivity index (χ2n) is 11.6. The molecule has 2 aromatic carbocycles. The Hall–Kier alpha value is -3.72. The number of hydrogen-bond donors (Lipinski definition) is 4. The van der Waals surface area contributed by atoms with Gasteiger partial charge in [0, 0.05) is 35.1 Å². The first kappa shape index (κ1) is 30.8. The van der Waals surface area contributed by atoms with E-state index in [9.17, 15) is 14.4 Å². The van der Waals surface area contributed by atoms with Gasteiger partial charge in [-0.25, -0.2) is 9.59 Å². The van der Waals surface area contributed by atoms with Crippen molar-refractivity contribution in [2.24, 2.45) is 0 Å². The standard InChI is InChI=1S/C30H39ClN4O5/c1-29(2,3)39-27(37)32-15-7-8-23(34-28(38)40-30(4,5)6)18-33-26(36)25-17-21-10-9-20(16-24(21)35-25)19-11-13-22(31)14-12-19/h9-14,16-17,23,35H,7-8,15,18H2,1-6H3,(H,32,37)(H,33,36)(H,34,38)/t23-/m1/s1. The number of hydrogen-bond acceptors (Lipinski definition) is 5. The third-order valence-corrected chi connectivity index (χ3v) is 5.92. The zero-order valence-corrected chi connectivity index (χ0v) is 24.7. The Balaban J connectivity index is 1.61. The van der Waals surface area contributed by atoms with E-state index in [0.29, 0.717) is 30.1 Å². The highest BCUT2D eigenvalue weighted by Gasteiger charge is 2.21. The van der Waals surface area contributed by atoms with Gasteiger partial charge < -0.3 is 30.4 Å². The van der Waals surface area contributed by atoms with Gasteiger partial charge in [0.1, 0.15) is 16.9 Å². The molecule has 0 spiro atoms. The summed E-state index contributed by atoms with van der Waals surface area (Å²) >= 11 is 6.01. The molecule has 0 radical (unpaired) electrons. The van der Waals surface area contributed by atoms with Crippen LogP contribution in [0.5, 0.6) is 0 Å². The lowest BCUT2D eigenvalue weighted by Gasteiger charge is -2.24. The minimum Gasteiger partial charge on any atom is -0.444 e. The number of halogens is 1. The number of aromatic nitrogens is 1. The fourth-order valence-electron chi connectivity index (χ4n) is 3.93. The largest absolute Gasteiger partial charge is 0.444 e. The average molecular weight is 571 g/mol. The number of fused-ring (bicyclic) bond motifs is 1. The molecular formula is C30H39ClN4O5. The van der Waals surface area contributed by atoms with Crippen LogP contribution in [0.2, 0.25) is 5.02 Å². The van der Waals surface area contributed by atoms with Gasteiger partial charge in [-0.05, 0) is 89.8 Å². The molecule has 0 fully saturated rings. The van der Waals surface area contributed by atoms with Crippen molar-refractivity contribution in [2.45, 2.75) is 71.6 Å². The molecule has 3 amide bonds. The Labute approximate surface area is 240 Å². The van der Waals surface area contributed by atoms with E-state index < -0.39 is 29.4 Å². The number of aromatic amines is 1. The van der Waals surface area contributed by atoms with Crippen molar-refractivity contribution in [1.29, 1.82) is 0 Å². The lowest BCUT2D eigenvalue weighted by Crippen LogP contribution is -2.46. The summed E-state index contributed by atoms with van der Waals surface area (Å²) in [5, 5.41) is 10.00. The van der Waals surface area contributed by atoms with E-state index in [1.165, 1.54) is 0 Å². The maximum atomic E-state index is 13.0. The fraction of sp³-hybridized carbons (Fsp3) is 0.433. The van der Waals surface area contributed by atoms with Crippen molar-refractivity contribution >= 4 is 40.6 Å². The zero-order chi connectivity index (χ0) is 29.5. The number of H-pyrrole nitrogens is 1. The first-order valence-electron chi connectivity index (χ1n) is 13.3. The molecule has 0 bridgehead atoms. The van der Waals surface area contributed by atoms with Crippen molar-refractivity contribution in [2.75, 3.05) is 13.1 Å². The van der Waals surface area contributed by atoms with E-state index in [1.54, 1.807) is 47.6 Å². The van der Waals surface area contributed by atoms with E-state index in [2.05, 4.69) is 20.9 Å². The molecule has 0 aliphatic rings. The van der Waals surface area contributed by atoms with Gasteiger partial charge in [0.05, 0.1) is 0 Å². The lowest BCUT2D eigenvalue weighted by molar-refractivity contribution is 0.0487. The van der Waals surface area contributed by atoms with Crippen LogP contribution in [-0.4, -0.2) is 53.4 Å². The molecule has 40 heavy (non-hydrogen) atoms. The number of ether oxygens (including phenoxy) is 2. The molecule has 1 atom stereocenters. The first-order chi connectivity index (χ1) is 18.7. The highest BCUT2D eigenvalue weighted by molar-refractivity contribution is 6.30. The van der Waals surface area contributed by atoms with E-state index in [1.807, 2.05) is 42.5 Å². The Morgan fingerprint density at radius 2 is 1.48 bits per heavy atom. The second-order valence-corrected chi connectivity index (χ2v) is 12.1. The maximum Gasteiger partial charge on any atom is 0.407 e. The minimum absolute atomic E-state index is 0.176. The zero-order valence-electron chi connectivity index (χ0n) is 23.9. The predicted octanol–water partition coefficient (Wildman–Crippen LogP) is 6.42. The summed E-state index contributed by atoms with van der Waals surface area (Å²) in [5.41, 5.74) is 2.00. The summed E-state index contributed by atoms with van der Waals surface area (Å²) in [6.45, 7) is 11.3. The topological polar surface area (TPSA) is 122 Å². The summed E-state index contributed by atoms with van der Waals surface area (Å²) in [6.07, 6.45) is -0.0373. The Morgan fingerprint density at radius 1 is 0.850 bits per heavy atom. The average Bonchev–Trinajstić information content (AvgIpc) is 3.26. The van der Waals surface area contributed by atoms with Crippen LogP contribution < -0.4 is 16.0 Å². The molecule has 216 valence electrons. The molecule has 0 saturated carbocycles. The summed E-state index contributed by atoms with van der Waals surface area (Å²) < 4.78 is 10.6. The molecule has 0 aliphatic carbocycles. The SMILES string of the molecule is CC(C)(C)OC(=O)NCCC[C@H](CNC(=O)c1cc2ccc(-c3ccc(Cl)cc3)cc2[nH]1)NC(=O)OC(C)(C)C. The van der Waals surface area contributed by atoms with E-state index >= 15 is 0 Å². The molecule has 3 rings (SSSR count). The molecular weight excluding hydrogens is 532 g/mol. The fourth-order valence-corrected chi connectivity index (χ4v) is 4.06. The number of amides is 3. The number of nitrogens with one attached hydrogen (secondary N) is 4. The molecule has 0 saturated heterocycles. The maximum absolute atomic E-state index is 13.0. The molecule has 1 heterocycles. The minimum atomic E-state index is -0.661. The highest BCUT2D eigenvalue weighted by atomic mass is 35.5. The van der Waals surface area contributed by atoms with Crippen LogP contribution >= 0.6 is 11.6 Å². The summed E-state index contributed by atoms with van der Waals surface area (Å²) in [7, 11) is 0. The molecule has 0 unspecified atom stereocenters. The van der Waals surface area contributed by atoms with Crippen molar-refractivity contribution in [1.82, 2.24) is 20.9 Å². The Kier molecular flexibility index (Phi) is 10.1. The van der Waals surface area contributed by atoms with Crippen molar-refractivity contribution in [3.63, 3.8) is 0 Å². The van der Waals surface area contributed by atoms with E-state index in [4.69, 9.17) is 21.1 Å². The lowest BCUT2D eigenvalue weighted by atomic mass is 10.0. The normalized spacial score (nSPS) is 12.5. The molecule has 0 aliphatic heterocycles. The van der Waals surface area contributed by atoms with Gasteiger partial charge in [0.2, 0.25) is 0 Å². The quantitative estimate of drug-likeness (QED) is 0.221. The molecule has 9 nitrogen and oxygen atoms in total. The van der Waals surface area contributed by atoms with Gasteiger partial charge in [0.25, 0.3) is 5.91 Å². The predicted molar refractivity (Wildman–Crippen MR) is 158 cm³/mol. The summed E-state index contributed by atoms with van der Waals surface area (Å²) in [4.78, 5) is 40.5. The van der Waals surface area contributed by atoms with Crippen molar-refractivity contribution in [3.8, 4) is 11.1 Å². The Morgan fingerprint density at radius 3 is 2.12 bits per heavy atom. The monoisotopic (exact) mass is 570 g/mol. The van der Waals surface area contributed by atoms with Crippen LogP contribution in [0.25, 0.3) is 22.0 Å². The highest BCUT2D eigenvalue weighted by Crippen LogP contribution is 2.26. The van der Waals surface area contributed by atoms with Crippen molar-refractivity contribution < 1.29 is 23.9 Å². The number of rotatable bonds is 9. The number of alkyl carbamates (subject to hydrolysis) is 2. The van der Waals surface area contributed by atoms with Gasteiger partial charge in [-0.3, -0.25) is 4.79 Å². The van der Waals surface area contributed by atoms with Gasteiger partial charge in [-0.1, -0.05) is 35.9 Å². The number of carbonyl (C=O) groups is 3. The first-order valence-corrected chi connectivity index (χ1v) is 13.7. The van der Waals surface area contributed by atoms with Crippen LogP contribution in [0.1, 0.15) is 64.9 Å². The Bertz CT molecular complexity index is 1320. The smallest absolute Gasteiger partial charge is 0.407 e. The third-order valence-electron chi connectivity index (χ3n) is 5.67. The van der Waals surface area contributed by atoms with Gasteiger partial charge in [-0.15, -0.1) is 0 Å². The molecule has 4 N–H and O–H groups in total. The van der Waals surface area contributed by atoms with Crippen LogP contribution in [0.4, 0.5) is 9.59 Å². The molecule has 1 aromatic heterocycles. The van der Waals surface area contributed by atoms with Gasteiger partial charge >= 0.3 is 12.2 Å². The van der Waals surface area contributed by atoms with E-state index in [0.717, 1.165) is 22.0 Å².